The number of nitrogens with one attached hydrogen (secondary N) is 2. The van der Waals surface area contributed by atoms with E-state index in [-0.39, 0.29) is 17.0 Å². The van der Waals surface area contributed by atoms with Crippen LogP contribution in [0.4, 0.5) is 10.1 Å². The Kier molecular flexibility index (Phi) is 6.25. The first-order chi connectivity index (χ1) is 11.9. The van der Waals surface area contributed by atoms with Crippen molar-refractivity contribution >= 4 is 17.5 Å². The van der Waals surface area contributed by atoms with Crippen molar-refractivity contribution in [3.8, 4) is 0 Å². The molecule has 0 saturated carbocycles. The average Bonchev–Trinajstić information content (AvgIpc) is 2.56. The number of anilines is 1. The van der Waals surface area contributed by atoms with Crippen molar-refractivity contribution in [3.63, 3.8) is 0 Å². The highest BCUT2D eigenvalue weighted by Crippen LogP contribution is 2.22. The number of carbonyl (C=O) groups is 2. The molecule has 3 N–H and O–H groups in total. The van der Waals surface area contributed by atoms with Gasteiger partial charge in [-0.25, -0.2) is 4.39 Å². The van der Waals surface area contributed by atoms with Crippen molar-refractivity contribution in [2.24, 2.45) is 0 Å². The van der Waals surface area contributed by atoms with E-state index in [0.717, 1.165) is 0 Å². The van der Waals surface area contributed by atoms with Crippen LogP contribution in [0.3, 0.4) is 0 Å². The highest BCUT2D eigenvalue weighted by molar-refractivity contribution is 6.09. The van der Waals surface area contributed by atoms with Crippen LogP contribution in [0.2, 0.25) is 0 Å². The molecule has 0 spiro atoms. The molecule has 0 saturated heterocycles. The molecule has 5 nitrogen and oxygen atoms in total. The minimum Gasteiger partial charge on any atom is -0.393 e. The molecule has 6 heteroatoms. The van der Waals surface area contributed by atoms with Crippen LogP contribution in [0.5, 0.6) is 0 Å². The fourth-order valence-corrected chi connectivity index (χ4v) is 2.34. The lowest BCUT2D eigenvalue weighted by molar-refractivity contribution is 0.0946. The molecule has 2 aromatic rings. The molecule has 2 amide bonds. The van der Waals surface area contributed by atoms with Gasteiger partial charge in [0.1, 0.15) is 5.82 Å². The Morgan fingerprint density at radius 2 is 1.76 bits per heavy atom. The zero-order chi connectivity index (χ0) is 18.4. The Morgan fingerprint density at radius 1 is 1.08 bits per heavy atom. The summed E-state index contributed by atoms with van der Waals surface area (Å²) >= 11 is 0. The first kappa shape index (κ1) is 18.6. The Labute approximate surface area is 145 Å². The van der Waals surface area contributed by atoms with Gasteiger partial charge < -0.3 is 15.7 Å². The number of para-hydroxylation sites is 1. The summed E-state index contributed by atoms with van der Waals surface area (Å²) in [6.45, 7) is 3.70. The van der Waals surface area contributed by atoms with Gasteiger partial charge in [0.05, 0.1) is 22.9 Å². The molecule has 0 heterocycles. The lowest BCUT2D eigenvalue weighted by Crippen LogP contribution is -2.28. The van der Waals surface area contributed by atoms with Crippen LogP contribution in [0.15, 0.2) is 42.5 Å². The van der Waals surface area contributed by atoms with Gasteiger partial charge in [-0.15, -0.1) is 0 Å². The van der Waals surface area contributed by atoms with Crippen LogP contribution in [-0.4, -0.2) is 29.6 Å². The summed E-state index contributed by atoms with van der Waals surface area (Å²) in [4.78, 5) is 24.7. The first-order valence-electron chi connectivity index (χ1n) is 8.02. The van der Waals surface area contributed by atoms with Crippen LogP contribution in [0, 0.1) is 12.7 Å². The van der Waals surface area contributed by atoms with E-state index < -0.39 is 17.8 Å². The molecule has 0 radical (unpaired) electrons. The van der Waals surface area contributed by atoms with E-state index in [1.807, 2.05) is 0 Å². The van der Waals surface area contributed by atoms with Gasteiger partial charge in [-0.2, -0.15) is 0 Å². The van der Waals surface area contributed by atoms with Crippen LogP contribution >= 0.6 is 0 Å². The van der Waals surface area contributed by atoms with Crippen molar-refractivity contribution in [1.29, 1.82) is 0 Å². The van der Waals surface area contributed by atoms with Crippen molar-refractivity contribution in [1.82, 2.24) is 5.32 Å². The van der Waals surface area contributed by atoms with Gasteiger partial charge in [0.2, 0.25) is 0 Å². The Hall–Kier alpha value is -2.73. The fourth-order valence-electron chi connectivity index (χ4n) is 2.34. The standard InChI is InChI=1S/C19H21FN2O3/c1-12-6-5-8-15(18(24)21-11-10-13(2)23)17(12)22-19(25)14-7-3-4-9-16(14)20/h3-9,13,23H,10-11H2,1-2H3,(H,21,24)(H,22,25). The lowest BCUT2D eigenvalue weighted by Gasteiger charge is -2.14. The number of hydrogen-bond acceptors (Lipinski definition) is 3. The predicted octanol–water partition coefficient (Wildman–Crippen LogP) is 2.89. The molecule has 0 fully saturated rings. The zero-order valence-electron chi connectivity index (χ0n) is 14.2. The number of rotatable bonds is 6. The normalized spacial score (nSPS) is 11.7. The Bertz CT molecular complexity index is 775. The van der Waals surface area contributed by atoms with E-state index in [4.69, 9.17) is 0 Å². The van der Waals surface area contributed by atoms with E-state index in [1.54, 1.807) is 38.1 Å². The maximum Gasteiger partial charge on any atom is 0.258 e. The molecule has 1 atom stereocenters. The predicted molar refractivity (Wildman–Crippen MR) is 94.2 cm³/mol. The van der Waals surface area contributed by atoms with Crippen molar-refractivity contribution in [2.75, 3.05) is 11.9 Å². The van der Waals surface area contributed by atoms with E-state index in [1.165, 1.54) is 18.2 Å². The second-order valence-corrected chi connectivity index (χ2v) is 5.83. The SMILES string of the molecule is Cc1cccc(C(=O)NCCC(C)O)c1NC(=O)c1ccccc1F. The Balaban J connectivity index is 2.21. The second kappa shape index (κ2) is 8.39. The third-order valence-corrected chi connectivity index (χ3v) is 3.72. The summed E-state index contributed by atoms with van der Waals surface area (Å²) in [6, 6.07) is 10.7. The molecule has 2 aromatic carbocycles. The minimum atomic E-state index is -0.628. The molecule has 25 heavy (non-hydrogen) atoms. The van der Waals surface area contributed by atoms with Gasteiger partial charge in [-0.1, -0.05) is 24.3 Å². The van der Waals surface area contributed by atoms with Crippen molar-refractivity contribution in [3.05, 3.63) is 65.0 Å². The van der Waals surface area contributed by atoms with Gasteiger partial charge >= 0.3 is 0 Å². The quantitative estimate of drug-likeness (QED) is 0.754. The van der Waals surface area contributed by atoms with Crippen LogP contribution in [0.1, 0.15) is 39.6 Å². The molecule has 0 aliphatic rings. The van der Waals surface area contributed by atoms with Crippen LogP contribution in [-0.2, 0) is 0 Å². The summed E-state index contributed by atoms with van der Waals surface area (Å²) < 4.78 is 13.8. The summed E-state index contributed by atoms with van der Waals surface area (Å²) in [7, 11) is 0. The first-order valence-corrected chi connectivity index (χ1v) is 8.02. The Morgan fingerprint density at radius 3 is 2.44 bits per heavy atom. The monoisotopic (exact) mass is 344 g/mol. The molecule has 0 aromatic heterocycles. The molecule has 132 valence electrons. The van der Waals surface area contributed by atoms with E-state index in [2.05, 4.69) is 10.6 Å². The number of amides is 2. The van der Waals surface area contributed by atoms with E-state index in [0.29, 0.717) is 24.2 Å². The summed E-state index contributed by atoms with van der Waals surface area (Å²) in [6.07, 6.45) is -0.0906. The van der Waals surface area contributed by atoms with Gasteiger partial charge in [-0.05, 0) is 44.0 Å². The van der Waals surface area contributed by atoms with Crippen LogP contribution < -0.4 is 10.6 Å². The minimum absolute atomic E-state index is 0.0915. The number of aliphatic hydroxyl groups is 1. The molecule has 0 aliphatic carbocycles. The second-order valence-electron chi connectivity index (χ2n) is 5.83. The van der Waals surface area contributed by atoms with Gasteiger partial charge in [0.25, 0.3) is 11.8 Å². The molecule has 1 unspecified atom stereocenters. The number of benzene rings is 2. The highest BCUT2D eigenvalue weighted by Gasteiger charge is 2.17. The number of carbonyl (C=O) groups excluding carboxylic acids is 2. The smallest absolute Gasteiger partial charge is 0.258 e. The topological polar surface area (TPSA) is 78.4 Å². The maximum atomic E-state index is 13.8. The van der Waals surface area contributed by atoms with Gasteiger partial charge in [0, 0.05) is 6.54 Å². The summed E-state index contributed by atoms with van der Waals surface area (Å²) in [5.74, 6) is -1.62. The summed E-state index contributed by atoms with van der Waals surface area (Å²) in [5, 5.41) is 14.6. The van der Waals surface area contributed by atoms with Gasteiger partial charge in [0.15, 0.2) is 0 Å². The van der Waals surface area contributed by atoms with Gasteiger partial charge in [-0.3, -0.25) is 9.59 Å². The number of aryl methyl sites for hydroxylation is 1. The third-order valence-electron chi connectivity index (χ3n) is 3.72. The lowest BCUT2D eigenvalue weighted by atomic mass is 10.1. The number of aliphatic hydroxyl groups excluding tert-OH is 1. The van der Waals surface area contributed by atoms with Crippen molar-refractivity contribution in [2.45, 2.75) is 26.4 Å². The average molecular weight is 344 g/mol. The summed E-state index contributed by atoms with van der Waals surface area (Å²) in [5.41, 5.74) is 1.22. The van der Waals surface area contributed by atoms with E-state index in [9.17, 15) is 19.1 Å². The molecular weight excluding hydrogens is 323 g/mol. The number of halogens is 1. The molecular formula is C19H21FN2O3. The van der Waals surface area contributed by atoms with Crippen molar-refractivity contribution < 1.29 is 19.1 Å². The zero-order valence-corrected chi connectivity index (χ0v) is 14.2. The molecule has 0 aliphatic heterocycles. The largest absolute Gasteiger partial charge is 0.393 e. The number of hydrogen-bond donors (Lipinski definition) is 3. The van der Waals surface area contributed by atoms with E-state index >= 15 is 0 Å². The molecule has 0 bridgehead atoms. The third kappa shape index (κ3) is 4.87. The van der Waals surface area contributed by atoms with Crippen LogP contribution in [0.25, 0.3) is 0 Å². The maximum absolute atomic E-state index is 13.8. The fraction of sp³-hybridized carbons (Fsp3) is 0.263. The highest BCUT2D eigenvalue weighted by atomic mass is 19.1. The molecule has 2 rings (SSSR count).